The van der Waals surface area contributed by atoms with Crippen LogP contribution in [-0.2, 0) is 27.2 Å². The van der Waals surface area contributed by atoms with Crippen LogP contribution in [0, 0.1) is 5.82 Å². The molecule has 1 fully saturated rings. The van der Waals surface area contributed by atoms with Gasteiger partial charge in [-0.3, -0.25) is 4.98 Å². The van der Waals surface area contributed by atoms with E-state index >= 15 is 0 Å². The third-order valence-electron chi connectivity index (χ3n) is 6.31. The van der Waals surface area contributed by atoms with E-state index in [1.54, 1.807) is 37.4 Å². The molecule has 0 radical (unpaired) electrons. The van der Waals surface area contributed by atoms with E-state index in [2.05, 4.69) is 15.5 Å². The maximum Gasteiger partial charge on any atom is 0.338 e. The largest absolute Gasteiger partial charge is 0.492 e. The van der Waals surface area contributed by atoms with E-state index in [0.717, 1.165) is 49.1 Å². The van der Waals surface area contributed by atoms with Gasteiger partial charge in [-0.2, -0.15) is 0 Å². The van der Waals surface area contributed by atoms with Crippen LogP contribution in [0.4, 0.5) is 4.39 Å². The van der Waals surface area contributed by atoms with Crippen LogP contribution in [0.3, 0.4) is 0 Å². The molecule has 0 saturated carbocycles. The third kappa shape index (κ3) is 9.43. The molecule has 1 aromatic heterocycles. The normalized spacial score (nSPS) is 15.4. The van der Waals surface area contributed by atoms with Gasteiger partial charge in [-0.15, -0.1) is 0 Å². The standard InChI is InChI=1S/C31H36FN3O5/c1-2-37-31(36)25-14-16-34-28(22-25)29(35-40-30-8-3-4-18-39-30)21-24-6-5-7-27(20-24)38-19-17-33-15-13-23-9-11-26(32)12-10-23/h5-7,9-12,14,16,20,22,30,33H,2-4,8,13,15,17-19,21H2,1H3/b35-29+. The second kappa shape index (κ2) is 15.7. The third-order valence-corrected chi connectivity index (χ3v) is 6.31. The Kier molecular flexibility index (Phi) is 11.4. The maximum atomic E-state index is 13.0. The molecule has 1 aliphatic heterocycles. The van der Waals surface area contributed by atoms with Crippen LogP contribution < -0.4 is 10.1 Å². The van der Waals surface area contributed by atoms with Gasteiger partial charge >= 0.3 is 5.97 Å². The number of nitrogens with one attached hydrogen (secondary N) is 1. The van der Waals surface area contributed by atoms with E-state index in [9.17, 15) is 9.18 Å². The van der Waals surface area contributed by atoms with Crippen LogP contribution in [0.5, 0.6) is 5.75 Å². The summed E-state index contributed by atoms with van der Waals surface area (Å²) in [6.07, 6.45) is 5.20. The zero-order chi connectivity index (χ0) is 28.0. The lowest BCUT2D eigenvalue weighted by atomic mass is 10.0. The summed E-state index contributed by atoms with van der Waals surface area (Å²) in [5.41, 5.74) is 3.54. The topological polar surface area (TPSA) is 91.3 Å². The van der Waals surface area contributed by atoms with Gasteiger partial charge in [-0.1, -0.05) is 29.4 Å². The Morgan fingerprint density at radius 2 is 1.98 bits per heavy atom. The maximum absolute atomic E-state index is 13.0. The Bertz CT molecular complexity index is 1250. The van der Waals surface area contributed by atoms with Crippen LogP contribution in [0.2, 0.25) is 0 Å². The van der Waals surface area contributed by atoms with Crippen molar-refractivity contribution in [1.82, 2.24) is 10.3 Å². The summed E-state index contributed by atoms with van der Waals surface area (Å²) in [6, 6.07) is 17.6. The molecule has 40 heavy (non-hydrogen) atoms. The van der Waals surface area contributed by atoms with Crippen molar-refractivity contribution >= 4 is 11.7 Å². The zero-order valence-corrected chi connectivity index (χ0v) is 22.8. The van der Waals surface area contributed by atoms with E-state index in [4.69, 9.17) is 19.0 Å². The zero-order valence-electron chi connectivity index (χ0n) is 22.8. The van der Waals surface area contributed by atoms with E-state index in [1.807, 2.05) is 24.3 Å². The number of nitrogens with zero attached hydrogens (tertiary/aromatic N) is 2. The van der Waals surface area contributed by atoms with Crippen molar-refractivity contribution in [2.45, 2.75) is 45.3 Å². The number of rotatable bonds is 14. The molecule has 1 saturated heterocycles. The van der Waals surface area contributed by atoms with Crippen LogP contribution in [0.1, 0.15) is 53.4 Å². The lowest BCUT2D eigenvalue weighted by molar-refractivity contribution is -0.162. The Labute approximate surface area is 234 Å². The van der Waals surface area contributed by atoms with Gasteiger partial charge < -0.3 is 24.4 Å². The lowest BCUT2D eigenvalue weighted by Crippen LogP contribution is -2.23. The van der Waals surface area contributed by atoms with Gasteiger partial charge in [-0.25, -0.2) is 9.18 Å². The van der Waals surface area contributed by atoms with Gasteiger partial charge in [0.1, 0.15) is 23.9 Å². The lowest BCUT2D eigenvalue weighted by Gasteiger charge is -2.20. The van der Waals surface area contributed by atoms with Gasteiger partial charge in [0, 0.05) is 25.6 Å². The number of halogens is 1. The molecule has 1 unspecified atom stereocenters. The first-order valence-electron chi connectivity index (χ1n) is 13.8. The molecule has 8 nitrogen and oxygen atoms in total. The fourth-order valence-electron chi connectivity index (χ4n) is 4.20. The second-order valence-electron chi connectivity index (χ2n) is 9.39. The number of oxime groups is 1. The fraction of sp³-hybridized carbons (Fsp3) is 0.387. The molecule has 0 aliphatic carbocycles. The number of hydrogen-bond acceptors (Lipinski definition) is 8. The van der Waals surface area contributed by atoms with Gasteiger partial charge in [0.25, 0.3) is 0 Å². The van der Waals surface area contributed by atoms with Crippen molar-refractivity contribution in [3.05, 3.63) is 95.1 Å². The number of benzene rings is 2. The molecule has 1 N–H and O–H groups in total. The molecule has 2 aromatic carbocycles. The highest BCUT2D eigenvalue weighted by Crippen LogP contribution is 2.18. The molecule has 212 valence electrons. The molecule has 9 heteroatoms. The van der Waals surface area contributed by atoms with E-state index in [0.29, 0.717) is 43.1 Å². The van der Waals surface area contributed by atoms with Crippen molar-refractivity contribution in [1.29, 1.82) is 0 Å². The Morgan fingerprint density at radius 1 is 1.10 bits per heavy atom. The number of hydrogen-bond donors (Lipinski definition) is 1. The predicted molar refractivity (Wildman–Crippen MR) is 150 cm³/mol. The molecule has 0 spiro atoms. The summed E-state index contributed by atoms with van der Waals surface area (Å²) < 4.78 is 29.8. The Balaban J connectivity index is 1.36. The highest BCUT2D eigenvalue weighted by atomic mass is 19.1. The van der Waals surface area contributed by atoms with Crippen LogP contribution >= 0.6 is 0 Å². The van der Waals surface area contributed by atoms with Crippen LogP contribution in [0.25, 0.3) is 0 Å². The fourth-order valence-corrected chi connectivity index (χ4v) is 4.20. The smallest absolute Gasteiger partial charge is 0.338 e. The van der Waals surface area contributed by atoms with Crippen LogP contribution in [0.15, 0.2) is 72.0 Å². The molecular formula is C31H36FN3O5. The van der Waals surface area contributed by atoms with E-state index in [1.165, 1.54) is 12.1 Å². The number of ether oxygens (including phenoxy) is 3. The molecular weight excluding hydrogens is 513 g/mol. The number of carbonyl (C=O) groups excluding carboxylic acids is 1. The van der Waals surface area contributed by atoms with Crippen molar-refractivity contribution in [2.24, 2.45) is 5.16 Å². The summed E-state index contributed by atoms with van der Waals surface area (Å²) in [5, 5.41) is 7.77. The van der Waals surface area contributed by atoms with E-state index in [-0.39, 0.29) is 12.4 Å². The molecule has 0 bridgehead atoms. The minimum absolute atomic E-state index is 0.224. The number of aromatic nitrogens is 1. The summed E-state index contributed by atoms with van der Waals surface area (Å²) in [6.45, 7) is 4.65. The van der Waals surface area contributed by atoms with Gasteiger partial charge in [-0.05, 0) is 80.3 Å². The quantitative estimate of drug-likeness (QED) is 0.130. The number of esters is 1. The minimum atomic E-state index is -0.413. The molecule has 1 aliphatic rings. The average molecular weight is 550 g/mol. The van der Waals surface area contributed by atoms with Crippen LogP contribution in [-0.4, -0.2) is 55.9 Å². The molecule has 2 heterocycles. The monoisotopic (exact) mass is 549 g/mol. The molecule has 3 aromatic rings. The SMILES string of the molecule is CCOC(=O)c1ccnc(/C(Cc2cccc(OCCNCCc3ccc(F)cc3)c2)=N/OC2CCCCO2)c1. The summed E-state index contributed by atoms with van der Waals surface area (Å²) in [4.78, 5) is 22.5. The minimum Gasteiger partial charge on any atom is -0.492 e. The second-order valence-corrected chi connectivity index (χ2v) is 9.39. The van der Waals surface area contributed by atoms with Crippen molar-refractivity contribution < 1.29 is 28.2 Å². The van der Waals surface area contributed by atoms with Crippen molar-refractivity contribution in [3.8, 4) is 5.75 Å². The Hall–Kier alpha value is -3.82. The summed E-state index contributed by atoms with van der Waals surface area (Å²) >= 11 is 0. The average Bonchev–Trinajstić information content (AvgIpc) is 2.99. The molecule has 4 rings (SSSR count). The molecule has 0 amide bonds. The first-order valence-corrected chi connectivity index (χ1v) is 13.8. The first-order chi connectivity index (χ1) is 19.6. The van der Waals surface area contributed by atoms with Crippen molar-refractivity contribution in [2.75, 3.05) is 32.9 Å². The van der Waals surface area contributed by atoms with Gasteiger partial charge in [0.2, 0.25) is 6.29 Å². The number of carbonyl (C=O) groups is 1. The van der Waals surface area contributed by atoms with Crippen molar-refractivity contribution in [3.63, 3.8) is 0 Å². The first kappa shape index (κ1) is 29.2. The predicted octanol–water partition coefficient (Wildman–Crippen LogP) is 5.10. The van der Waals surface area contributed by atoms with Gasteiger partial charge in [0.15, 0.2) is 0 Å². The highest BCUT2D eigenvalue weighted by molar-refractivity contribution is 6.01. The van der Waals surface area contributed by atoms with Gasteiger partial charge in [0.05, 0.1) is 24.5 Å². The number of pyridine rings is 1. The Morgan fingerprint density at radius 3 is 2.77 bits per heavy atom. The van der Waals surface area contributed by atoms with E-state index < -0.39 is 12.3 Å². The summed E-state index contributed by atoms with van der Waals surface area (Å²) in [7, 11) is 0. The summed E-state index contributed by atoms with van der Waals surface area (Å²) in [5.74, 6) is 0.101. The highest BCUT2D eigenvalue weighted by Gasteiger charge is 2.17. The molecule has 1 atom stereocenters.